The number of amides is 1. The Morgan fingerprint density at radius 1 is 0.795 bits per heavy atom. The third-order valence-corrected chi connectivity index (χ3v) is 10.0. The molecule has 2 N–H and O–H groups in total. The third-order valence-electron chi connectivity index (χ3n) is 6.64. The van der Waals surface area contributed by atoms with E-state index in [1.165, 1.54) is 53.0 Å². The summed E-state index contributed by atoms with van der Waals surface area (Å²) in [4.78, 5) is 17.1. The van der Waals surface area contributed by atoms with Gasteiger partial charge in [0.05, 0.1) is 22.0 Å². The second kappa shape index (κ2) is 12.9. The highest BCUT2D eigenvalue weighted by molar-refractivity contribution is 7.93. The number of hydrogen-bond donors (Lipinski definition) is 2. The van der Waals surface area contributed by atoms with Crippen molar-refractivity contribution in [3.8, 4) is 0 Å². The van der Waals surface area contributed by atoms with Gasteiger partial charge in [0, 0.05) is 22.5 Å². The molecular weight excluding hydrogens is 620 g/mol. The molecule has 0 spiro atoms. The van der Waals surface area contributed by atoms with Crippen LogP contribution in [0.5, 0.6) is 0 Å². The van der Waals surface area contributed by atoms with Gasteiger partial charge in [-0.05, 0) is 90.8 Å². The van der Waals surface area contributed by atoms with E-state index in [4.69, 9.17) is 11.6 Å². The lowest BCUT2D eigenvalue weighted by Gasteiger charge is -2.26. The van der Waals surface area contributed by atoms with Gasteiger partial charge in [-0.2, -0.15) is 0 Å². The van der Waals surface area contributed by atoms with Crippen LogP contribution in [0.3, 0.4) is 0 Å². The molecule has 5 aromatic rings. The van der Waals surface area contributed by atoms with Crippen LogP contribution in [0.1, 0.15) is 21.5 Å². The van der Waals surface area contributed by atoms with E-state index < -0.39 is 26.0 Å². The first kappa shape index (κ1) is 30.7. The number of benzene rings is 4. The molecule has 0 aliphatic rings. The quantitative estimate of drug-likeness (QED) is 0.179. The lowest BCUT2D eigenvalue weighted by atomic mass is 10.1. The van der Waals surface area contributed by atoms with Gasteiger partial charge in [-0.25, -0.2) is 21.8 Å². The van der Waals surface area contributed by atoms with E-state index in [1.54, 1.807) is 72.8 Å². The molecule has 0 aliphatic carbocycles. The molecule has 0 saturated carbocycles. The van der Waals surface area contributed by atoms with Crippen molar-refractivity contribution in [3.05, 3.63) is 143 Å². The smallest absolute Gasteiger partial charge is 0.264 e. The molecule has 9 nitrogen and oxygen atoms in total. The number of nitrogens with zero attached hydrogens (tertiary/aromatic N) is 2. The topological polar surface area (TPSA) is 126 Å². The van der Waals surface area contributed by atoms with Gasteiger partial charge < -0.3 is 5.32 Å². The fourth-order valence-electron chi connectivity index (χ4n) is 4.34. The number of anilines is 3. The molecule has 0 radical (unpaired) electrons. The summed E-state index contributed by atoms with van der Waals surface area (Å²) in [5.74, 6) is -0.227. The minimum atomic E-state index is -3.95. The average Bonchev–Trinajstić information content (AvgIpc) is 3.02. The van der Waals surface area contributed by atoms with Crippen LogP contribution in [-0.4, -0.2) is 27.7 Å². The van der Waals surface area contributed by atoms with Gasteiger partial charge in [0.25, 0.3) is 26.0 Å². The van der Waals surface area contributed by atoms with Crippen LogP contribution in [0.2, 0.25) is 5.02 Å². The molecule has 1 aromatic heterocycles. The molecule has 0 bridgehead atoms. The average molecular weight is 647 g/mol. The molecule has 0 aliphatic heterocycles. The first-order valence-electron chi connectivity index (χ1n) is 13.3. The van der Waals surface area contributed by atoms with Crippen LogP contribution in [0.25, 0.3) is 0 Å². The lowest BCUT2D eigenvalue weighted by molar-refractivity contribution is 0.102. The molecule has 0 saturated heterocycles. The van der Waals surface area contributed by atoms with Crippen LogP contribution in [0, 0.1) is 6.92 Å². The van der Waals surface area contributed by atoms with Gasteiger partial charge in [-0.3, -0.25) is 13.8 Å². The summed E-state index contributed by atoms with van der Waals surface area (Å²) in [5, 5.41) is 3.15. The van der Waals surface area contributed by atoms with E-state index in [1.807, 2.05) is 6.92 Å². The number of aromatic nitrogens is 1. The van der Waals surface area contributed by atoms with Crippen molar-refractivity contribution >= 4 is 54.7 Å². The number of carbonyl (C=O) groups is 1. The molecular formula is C32H27ClN4O5S2. The van der Waals surface area contributed by atoms with E-state index in [0.29, 0.717) is 27.5 Å². The maximum absolute atomic E-state index is 13.7. The largest absolute Gasteiger partial charge is 0.322 e. The molecule has 0 unspecified atom stereocenters. The van der Waals surface area contributed by atoms with Crippen molar-refractivity contribution in [2.45, 2.75) is 23.3 Å². The van der Waals surface area contributed by atoms with E-state index in [2.05, 4.69) is 15.0 Å². The summed E-state index contributed by atoms with van der Waals surface area (Å²) >= 11 is 6.24. The molecule has 5 rings (SSSR count). The van der Waals surface area contributed by atoms with Gasteiger partial charge in [-0.15, -0.1) is 0 Å². The number of sulfonamides is 2. The van der Waals surface area contributed by atoms with Crippen molar-refractivity contribution in [2.24, 2.45) is 0 Å². The monoisotopic (exact) mass is 646 g/mol. The summed E-state index contributed by atoms with van der Waals surface area (Å²) in [6, 6.07) is 30.4. The van der Waals surface area contributed by atoms with Crippen molar-refractivity contribution in [2.75, 3.05) is 14.3 Å². The predicted molar refractivity (Wildman–Crippen MR) is 172 cm³/mol. The number of aryl methyl sites for hydroxylation is 1. The van der Waals surface area contributed by atoms with Crippen molar-refractivity contribution in [1.82, 2.24) is 4.98 Å². The fraction of sp³-hybridized carbons (Fsp3) is 0.0625. The number of hydrogen-bond acceptors (Lipinski definition) is 6. The number of nitrogens with one attached hydrogen (secondary N) is 2. The third kappa shape index (κ3) is 7.08. The Labute approximate surface area is 261 Å². The Morgan fingerprint density at radius 3 is 2.14 bits per heavy atom. The van der Waals surface area contributed by atoms with Crippen molar-refractivity contribution in [1.29, 1.82) is 0 Å². The summed E-state index contributed by atoms with van der Waals surface area (Å²) in [5.41, 5.74) is 2.56. The zero-order chi connectivity index (χ0) is 31.3. The lowest BCUT2D eigenvalue weighted by Crippen LogP contribution is -2.31. The number of halogens is 1. The number of rotatable bonds is 10. The summed E-state index contributed by atoms with van der Waals surface area (Å²) in [7, 11) is -7.80. The maximum atomic E-state index is 13.7. The summed E-state index contributed by atoms with van der Waals surface area (Å²) in [6.45, 7) is 1.81. The van der Waals surface area contributed by atoms with Crippen molar-refractivity contribution in [3.63, 3.8) is 0 Å². The molecule has 4 aromatic carbocycles. The molecule has 224 valence electrons. The Bertz CT molecular complexity index is 1990. The van der Waals surface area contributed by atoms with E-state index in [9.17, 15) is 21.6 Å². The Balaban J connectivity index is 1.32. The zero-order valence-electron chi connectivity index (χ0n) is 23.4. The fourth-order valence-corrected chi connectivity index (χ4v) is 7.04. The minimum Gasteiger partial charge on any atom is -0.322 e. The highest BCUT2D eigenvalue weighted by Gasteiger charge is 2.26. The molecule has 1 heterocycles. The molecule has 0 atom stereocenters. The maximum Gasteiger partial charge on any atom is 0.264 e. The molecule has 12 heteroatoms. The van der Waals surface area contributed by atoms with Crippen LogP contribution in [0.15, 0.2) is 131 Å². The van der Waals surface area contributed by atoms with E-state index in [-0.39, 0.29) is 22.2 Å². The predicted octanol–water partition coefficient (Wildman–Crippen LogP) is 6.49. The van der Waals surface area contributed by atoms with Gasteiger partial charge in [0.2, 0.25) is 0 Å². The number of pyridine rings is 1. The highest BCUT2D eigenvalue weighted by atomic mass is 35.5. The van der Waals surface area contributed by atoms with E-state index >= 15 is 0 Å². The van der Waals surface area contributed by atoms with E-state index in [0.717, 1.165) is 5.56 Å². The molecule has 1 amide bonds. The van der Waals surface area contributed by atoms with Crippen LogP contribution in [-0.2, 0) is 26.6 Å². The Kier molecular flexibility index (Phi) is 9.00. The van der Waals surface area contributed by atoms with Gasteiger partial charge in [0.15, 0.2) is 0 Å². The Morgan fingerprint density at radius 2 is 1.48 bits per heavy atom. The van der Waals surface area contributed by atoms with Gasteiger partial charge in [0.1, 0.15) is 5.82 Å². The van der Waals surface area contributed by atoms with Gasteiger partial charge >= 0.3 is 0 Å². The first-order valence-corrected chi connectivity index (χ1v) is 16.6. The normalized spacial score (nSPS) is 11.5. The summed E-state index contributed by atoms with van der Waals surface area (Å²) < 4.78 is 56.5. The standard InChI is InChI=1S/C32H27ClN4O5S2/c1-23-10-15-26(33)21-30(23)37(44(41,42)29-7-3-2-4-8-29)22-24-11-13-25(14-12-24)32(38)35-27-16-18-28(19-17-27)43(39,40)36-31-9-5-6-20-34-31/h2-21H,22H2,1H3,(H,34,36)(H,35,38). The SMILES string of the molecule is Cc1ccc(Cl)cc1N(Cc1ccc(C(=O)Nc2ccc(S(=O)(=O)Nc3ccccn3)cc2)cc1)S(=O)(=O)c1ccccc1. The highest BCUT2D eigenvalue weighted by Crippen LogP contribution is 2.31. The zero-order valence-corrected chi connectivity index (χ0v) is 25.8. The first-order chi connectivity index (χ1) is 21.0. The second-order valence-corrected chi connectivity index (χ2v) is 13.7. The van der Waals surface area contributed by atoms with Crippen LogP contribution in [0.4, 0.5) is 17.2 Å². The molecule has 44 heavy (non-hydrogen) atoms. The second-order valence-electron chi connectivity index (χ2n) is 9.75. The molecule has 0 fully saturated rings. The van der Waals surface area contributed by atoms with Gasteiger partial charge in [-0.1, -0.05) is 54.1 Å². The van der Waals surface area contributed by atoms with Crippen LogP contribution >= 0.6 is 11.6 Å². The Hall–Kier alpha value is -4.71. The summed E-state index contributed by atoms with van der Waals surface area (Å²) in [6.07, 6.45) is 1.48. The van der Waals surface area contributed by atoms with Crippen molar-refractivity contribution < 1.29 is 21.6 Å². The minimum absolute atomic E-state index is 0.00276. The van der Waals surface area contributed by atoms with Crippen LogP contribution < -0.4 is 14.3 Å². The number of carbonyl (C=O) groups excluding carboxylic acids is 1.